The van der Waals surface area contributed by atoms with Crippen LogP contribution in [-0.2, 0) is 6.54 Å². The van der Waals surface area contributed by atoms with Crippen LogP contribution in [0, 0.1) is 0 Å². The van der Waals surface area contributed by atoms with E-state index in [1.54, 1.807) is 0 Å². The number of nitrogens with zero attached hydrogens (tertiary/aromatic N) is 1. The van der Waals surface area contributed by atoms with Crippen LogP contribution in [0.3, 0.4) is 0 Å². The third-order valence-electron chi connectivity index (χ3n) is 3.38. The SMILES string of the molecule is C1=C(c2cccs2)CCN(Cc2ccccc2)C1. The molecule has 92 valence electrons. The summed E-state index contributed by atoms with van der Waals surface area (Å²) in [5.41, 5.74) is 2.93. The average Bonchev–Trinajstić information content (AvgIpc) is 2.95. The Morgan fingerprint density at radius 1 is 1.06 bits per heavy atom. The Kier molecular flexibility index (Phi) is 3.58. The van der Waals surface area contributed by atoms with Gasteiger partial charge in [-0.2, -0.15) is 0 Å². The molecule has 0 unspecified atom stereocenters. The molecular formula is C16H17NS. The van der Waals surface area contributed by atoms with Gasteiger partial charge in [-0.05, 0) is 29.0 Å². The summed E-state index contributed by atoms with van der Waals surface area (Å²) in [6.07, 6.45) is 3.56. The van der Waals surface area contributed by atoms with Gasteiger partial charge in [-0.15, -0.1) is 11.3 Å². The third kappa shape index (κ3) is 2.71. The number of benzene rings is 1. The van der Waals surface area contributed by atoms with Crippen molar-refractivity contribution in [3.63, 3.8) is 0 Å². The molecule has 0 atom stereocenters. The standard InChI is InChI=1S/C16H17NS/c1-2-5-14(6-3-1)13-17-10-8-15(9-11-17)16-7-4-12-18-16/h1-8,12H,9-11,13H2. The van der Waals surface area contributed by atoms with E-state index in [4.69, 9.17) is 0 Å². The van der Waals surface area contributed by atoms with Gasteiger partial charge in [0.1, 0.15) is 0 Å². The van der Waals surface area contributed by atoms with Crippen molar-refractivity contribution in [2.45, 2.75) is 13.0 Å². The molecule has 0 radical (unpaired) electrons. The lowest BCUT2D eigenvalue weighted by Gasteiger charge is -2.26. The van der Waals surface area contributed by atoms with Gasteiger partial charge >= 0.3 is 0 Å². The molecule has 2 aromatic rings. The molecule has 2 heterocycles. The zero-order valence-electron chi connectivity index (χ0n) is 10.4. The number of hydrogen-bond acceptors (Lipinski definition) is 2. The maximum atomic E-state index is 2.51. The van der Waals surface area contributed by atoms with Crippen molar-refractivity contribution in [1.29, 1.82) is 0 Å². The molecule has 0 aliphatic carbocycles. The minimum absolute atomic E-state index is 1.06. The lowest BCUT2D eigenvalue weighted by atomic mass is 10.1. The van der Waals surface area contributed by atoms with Gasteiger partial charge in [0.2, 0.25) is 0 Å². The van der Waals surface area contributed by atoms with Gasteiger partial charge in [0.25, 0.3) is 0 Å². The highest BCUT2D eigenvalue weighted by molar-refractivity contribution is 7.11. The first-order valence-electron chi connectivity index (χ1n) is 6.41. The molecule has 0 N–H and O–H groups in total. The highest BCUT2D eigenvalue weighted by atomic mass is 32.1. The lowest BCUT2D eigenvalue weighted by molar-refractivity contribution is 0.294. The highest BCUT2D eigenvalue weighted by Crippen LogP contribution is 2.26. The maximum absolute atomic E-state index is 2.51. The Morgan fingerprint density at radius 3 is 2.61 bits per heavy atom. The quantitative estimate of drug-likeness (QED) is 0.800. The van der Waals surface area contributed by atoms with Crippen LogP contribution in [0.5, 0.6) is 0 Å². The van der Waals surface area contributed by atoms with Crippen molar-refractivity contribution < 1.29 is 0 Å². The van der Waals surface area contributed by atoms with Crippen LogP contribution in [0.15, 0.2) is 53.9 Å². The van der Waals surface area contributed by atoms with Crippen molar-refractivity contribution >= 4 is 16.9 Å². The summed E-state index contributed by atoms with van der Waals surface area (Å²) in [4.78, 5) is 3.95. The monoisotopic (exact) mass is 255 g/mol. The lowest BCUT2D eigenvalue weighted by Crippen LogP contribution is -2.27. The minimum atomic E-state index is 1.06. The first-order valence-corrected chi connectivity index (χ1v) is 7.29. The Balaban J connectivity index is 1.63. The van der Waals surface area contributed by atoms with Crippen LogP contribution in [-0.4, -0.2) is 18.0 Å². The minimum Gasteiger partial charge on any atom is -0.295 e. The Morgan fingerprint density at radius 2 is 1.94 bits per heavy atom. The van der Waals surface area contributed by atoms with Crippen molar-refractivity contribution in [3.05, 3.63) is 64.4 Å². The molecule has 1 aliphatic heterocycles. The van der Waals surface area contributed by atoms with Gasteiger partial charge in [0, 0.05) is 24.5 Å². The summed E-state index contributed by atoms with van der Waals surface area (Å²) in [7, 11) is 0. The Labute approximate surface area is 112 Å². The number of rotatable bonds is 3. The molecule has 1 nitrogen and oxygen atoms in total. The molecule has 0 saturated heterocycles. The second kappa shape index (κ2) is 5.51. The summed E-state index contributed by atoms with van der Waals surface area (Å²) in [5, 5.41) is 2.16. The fourth-order valence-corrected chi connectivity index (χ4v) is 3.18. The van der Waals surface area contributed by atoms with E-state index in [1.165, 1.54) is 29.0 Å². The van der Waals surface area contributed by atoms with Gasteiger partial charge < -0.3 is 0 Å². The van der Waals surface area contributed by atoms with Crippen LogP contribution in [0.1, 0.15) is 16.9 Å². The topological polar surface area (TPSA) is 3.24 Å². The molecular weight excluding hydrogens is 238 g/mol. The van der Waals surface area contributed by atoms with Gasteiger partial charge in [-0.3, -0.25) is 4.90 Å². The van der Waals surface area contributed by atoms with Gasteiger partial charge in [-0.1, -0.05) is 42.5 Å². The fraction of sp³-hybridized carbons (Fsp3) is 0.250. The van der Waals surface area contributed by atoms with E-state index in [0.29, 0.717) is 0 Å². The predicted octanol–water partition coefficient (Wildman–Crippen LogP) is 4.04. The van der Waals surface area contributed by atoms with Crippen LogP contribution in [0.25, 0.3) is 5.57 Å². The first-order chi connectivity index (χ1) is 8.92. The number of thiophene rings is 1. The van der Waals surface area contributed by atoms with Crippen LogP contribution in [0.4, 0.5) is 0 Å². The summed E-state index contributed by atoms with van der Waals surface area (Å²) >= 11 is 1.85. The van der Waals surface area contributed by atoms with Crippen LogP contribution in [0.2, 0.25) is 0 Å². The second-order valence-corrected chi connectivity index (χ2v) is 5.63. The van der Waals surface area contributed by atoms with Crippen molar-refractivity contribution in [1.82, 2.24) is 4.90 Å². The van der Waals surface area contributed by atoms with Crippen LogP contribution < -0.4 is 0 Å². The van der Waals surface area contributed by atoms with Gasteiger partial charge in [0.15, 0.2) is 0 Å². The molecule has 0 spiro atoms. The van der Waals surface area contributed by atoms with Gasteiger partial charge in [0.05, 0.1) is 0 Å². The van der Waals surface area contributed by atoms with Crippen molar-refractivity contribution in [3.8, 4) is 0 Å². The molecule has 1 aliphatic rings. The van der Waals surface area contributed by atoms with E-state index >= 15 is 0 Å². The molecule has 0 fully saturated rings. The van der Waals surface area contributed by atoms with Crippen molar-refractivity contribution in [2.75, 3.05) is 13.1 Å². The predicted molar refractivity (Wildman–Crippen MR) is 78.6 cm³/mol. The Bertz CT molecular complexity index is 513. The van der Waals surface area contributed by atoms with E-state index in [-0.39, 0.29) is 0 Å². The van der Waals surface area contributed by atoms with E-state index in [0.717, 1.165) is 13.1 Å². The zero-order chi connectivity index (χ0) is 12.2. The zero-order valence-corrected chi connectivity index (χ0v) is 11.2. The molecule has 3 rings (SSSR count). The highest BCUT2D eigenvalue weighted by Gasteiger charge is 2.13. The second-order valence-electron chi connectivity index (χ2n) is 4.68. The molecule has 18 heavy (non-hydrogen) atoms. The fourth-order valence-electron chi connectivity index (χ4n) is 2.38. The largest absolute Gasteiger partial charge is 0.295 e. The number of hydrogen-bond donors (Lipinski definition) is 0. The third-order valence-corrected chi connectivity index (χ3v) is 4.33. The molecule has 0 bridgehead atoms. The summed E-state index contributed by atoms with van der Waals surface area (Å²) in [5.74, 6) is 0. The van der Waals surface area contributed by atoms with Gasteiger partial charge in [-0.25, -0.2) is 0 Å². The normalized spacial score (nSPS) is 16.6. The smallest absolute Gasteiger partial charge is 0.0300 e. The van der Waals surface area contributed by atoms with E-state index in [9.17, 15) is 0 Å². The molecule has 1 aromatic carbocycles. The Hall–Kier alpha value is -1.38. The summed E-state index contributed by atoms with van der Waals surface area (Å²) in [6, 6.07) is 15.1. The first kappa shape index (κ1) is 11.7. The average molecular weight is 255 g/mol. The molecule has 1 aromatic heterocycles. The molecule has 0 saturated carbocycles. The van der Waals surface area contributed by atoms with E-state index < -0.39 is 0 Å². The molecule has 0 amide bonds. The summed E-state index contributed by atoms with van der Waals surface area (Å²) in [6.45, 7) is 3.30. The summed E-state index contributed by atoms with van der Waals surface area (Å²) < 4.78 is 0. The maximum Gasteiger partial charge on any atom is 0.0300 e. The van der Waals surface area contributed by atoms with Crippen molar-refractivity contribution in [2.24, 2.45) is 0 Å². The van der Waals surface area contributed by atoms with E-state index in [1.807, 2.05) is 11.3 Å². The van der Waals surface area contributed by atoms with E-state index in [2.05, 4.69) is 58.8 Å². The van der Waals surface area contributed by atoms with Crippen LogP contribution >= 0.6 is 11.3 Å². The molecule has 2 heteroatoms.